The van der Waals surface area contributed by atoms with Crippen LogP contribution < -0.4 is 10.5 Å². The number of nitrogens with two attached hydrogens (primary N) is 1. The highest BCUT2D eigenvalue weighted by molar-refractivity contribution is 5.72. The van der Waals surface area contributed by atoms with Crippen LogP contribution in [0.15, 0.2) is 12.4 Å². The van der Waals surface area contributed by atoms with Gasteiger partial charge in [0.15, 0.2) is 11.6 Å². The third kappa shape index (κ3) is 4.49. The van der Waals surface area contributed by atoms with Crippen LogP contribution in [0.3, 0.4) is 0 Å². The van der Waals surface area contributed by atoms with E-state index in [-0.39, 0.29) is 24.1 Å². The lowest BCUT2D eigenvalue weighted by molar-refractivity contribution is -0.154. The van der Waals surface area contributed by atoms with Gasteiger partial charge in [0.1, 0.15) is 0 Å². The maximum Gasteiger partial charge on any atom is 0.309 e. The Hall–Kier alpha value is -2.48. The summed E-state index contributed by atoms with van der Waals surface area (Å²) in [6, 6.07) is 0. The van der Waals surface area contributed by atoms with Gasteiger partial charge in [0.25, 0.3) is 0 Å². The van der Waals surface area contributed by atoms with Crippen molar-refractivity contribution in [3.8, 4) is 17.1 Å². The summed E-state index contributed by atoms with van der Waals surface area (Å²) in [4.78, 5) is 21.3. The monoisotopic (exact) mass is 387 g/mol. The van der Waals surface area contributed by atoms with Crippen molar-refractivity contribution < 1.29 is 14.3 Å². The first kappa shape index (κ1) is 20.3. The number of aryl methyl sites for hydroxylation is 2. The highest BCUT2D eigenvalue weighted by Gasteiger charge is 2.30. The first-order valence-electron chi connectivity index (χ1n) is 9.81. The molecule has 2 aromatic heterocycles. The number of carbonyl (C=O) groups excluding carboxylic acids is 1. The Kier molecular flexibility index (Phi) is 6.28. The van der Waals surface area contributed by atoms with Crippen molar-refractivity contribution in [3.05, 3.63) is 23.8 Å². The van der Waals surface area contributed by atoms with Gasteiger partial charge in [-0.1, -0.05) is 0 Å². The molecular weight excluding hydrogens is 358 g/mol. The molecule has 1 unspecified atom stereocenters. The summed E-state index contributed by atoms with van der Waals surface area (Å²) in [6.07, 6.45) is 6.65. The summed E-state index contributed by atoms with van der Waals surface area (Å²) in [5, 5.41) is 4.24. The second-order valence-corrected chi connectivity index (χ2v) is 7.56. The molecule has 28 heavy (non-hydrogen) atoms. The predicted octanol–water partition coefficient (Wildman–Crippen LogP) is 2.53. The molecule has 8 nitrogen and oxygen atoms in total. The van der Waals surface area contributed by atoms with Gasteiger partial charge in [-0.2, -0.15) is 5.10 Å². The number of carbonyl (C=O) groups is 1. The lowest BCUT2D eigenvalue weighted by Gasteiger charge is -2.29. The number of aromatic nitrogens is 4. The molecule has 0 radical (unpaired) electrons. The van der Waals surface area contributed by atoms with E-state index >= 15 is 0 Å². The van der Waals surface area contributed by atoms with Crippen molar-refractivity contribution in [2.45, 2.75) is 65.2 Å². The second-order valence-electron chi connectivity index (χ2n) is 7.56. The fourth-order valence-electron chi connectivity index (χ4n) is 3.57. The summed E-state index contributed by atoms with van der Waals surface area (Å²) in [7, 11) is 1.85. The molecule has 8 heteroatoms. The van der Waals surface area contributed by atoms with Gasteiger partial charge in [-0.3, -0.25) is 9.48 Å². The van der Waals surface area contributed by atoms with Gasteiger partial charge in [-0.25, -0.2) is 9.97 Å². The van der Waals surface area contributed by atoms with Gasteiger partial charge in [-0.05, 0) is 46.5 Å². The van der Waals surface area contributed by atoms with E-state index in [1.54, 1.807) is 17.1 Å². The van der Waals surface area contributed by atoms with Gasteiger partial charge in [0, 0.05) is 13.6 Å². The molecule has 3 rings (SSSR count). The Morgan fingerprint density at radius 2 is 2.14 bits per heavy atom. The van der Waals surface area contributed by atoms with Gasteiger partial charge in [0.2, 0.25) is 0 Å². The Labute approximate surface area is 165 Å². The minimum atomic E-state index is -0.127. The van der Waals surface area contributed by atoms with E-state index < -0.39 is 0 Å². The highest BCUT2D eigenvalue weighted by Crippen LogP contribution is 2.30. The first-order chi connectivity index (χ1) is 13.4. The number of hydrogen-bond donors (Lipinski definition) is 1. The zero-order valence-corrected chi connectivity index (χ0v) is 17.0. The van der Waals surface area contributed by atoms with Crippen molar-refractivity contribution in [2.75, 3.05) is 0 Å². The lowest BCUT2D eigenvalue weighted by Crippen LogP contribution is -2.32. The molecule has 1 aliphatic rings. The Morgan fingerprint density at radius 1 is 1.36 bits per heavy atom. The number of rotatable bonds is 6. The van der Waals surface area contributed by atoms with Crippen LogP contribution in [0, 0.1) is 12.8 Å². The van der Waals surface area contributed by atoms with Crippen molar-refractivity contribution in [1.82, 2.24) is 19.7 Å². The molecule has 0 aliphatic heterocycles. The standard InChI is InChI=1S/C20H29N5O3/c1-12(2)27-20(26)14-6-5-7-15(8-14)28-18-11-22-19(24-13(18)3)16-10-23-25(4)17(16)9-21/h10-12,14-15H,5-9,21H2,1-4H3/t14-,15?/m0/s1. The second kappa shape index (κ2) is 8.68. The van der Waals surface area contributed by atoms with E-state index in [4.69, 9.17) is 15.2 Å². The van der Waals surface area contributed by atoms with Crippen molar-refractivity contribution in [3.63, 3.8) is 0 Å². The molecule has 2 atom stereocenters. The summed E-state index contributed by atoms with van der Waals surface area (Å²) in [5.74, 6) is 0.993. The molecule has 0 saturated heterocycles. The summed E-state index contributed by atoms with van der Waals surface area (Å²) in [5.41, 5.74) is 8.28. The topological polar surface area (TPSA) is 105 Å². The van der Waals surface area contributed by atoms with E-state index in [0.29, 0.717) is 24.5 Å². The average Bonchev–Trinajstić information content (AvgIpc) is 3.03. The molecule has 0 aromatic carbocycles. The third-order valence-corrected chi connectivity index (χ3v) is 5.04. The van der Waals surface area contributed by atoms with Crippen LogP contribution >= 0.6 is 0 Å². The maximum absolute atomic E-state index is 12.2. The molecule has 1 saturated carbocycles. The molecule has 1 aliphatic carbocycles. The lowest BCUT2D eigenvalue weighted by atomic mass is 9.87. The van der Waals surface area contributed by atoms with Crippen molar-refractivity contribution in [1.29, 1.82) is 0 Å². The van der Waals surface area contributed by atoms with Crippen LogP contribution in [-0.2, 0) is 23.1 Å². The molecule has 152 valence electrons. The normalized spacial score (nSPS) is 19.6. The van der Waals surface area contributed by atoms with Crippen LogP contribution in [0.25, 0.3) is 11.4 Å². The zero-order chi connectivity index (χ0) is 20.3. The third-order valence-electron chi connectivity index (χ3n) is 5.04. The van der Waals surface area contributed by atoms with Gasteiger partial charge < -0.3 is 15.2 Å². The highest BCUT2D eigenvalue weighted by atomic mass is 16.5. The Balaban J connectivity index is 1.70. The molecule has 0 spiro atoms. The minimum absolute atomic E-state index is 0.0374. The van der Waals surface area contributed by atoms with Crippen LogP contribution in [0.1, 0.15) is 50.9 Å². The molecule has 0 amide bonds. The quantitative estimate of drug-likeness (QED) is 0.759. The number of esters is 1. The van der Waals surface area contributed by atoms with Crippen molar-refractivity contribution in [2.24, 2.45) is 18.7 Å². The predicted molar refractivity (Wildman–Crippen MR) is 104 cm³/mol. The summed E-state index contributed by atoms with van der Waals surface area (Å²) in [6.45, 7) is 6.00. The fraction of sp³-hybridized carbons (Fsp3) is 0.600. The number of ether oxygens (including phenoxy) is 2. The van der Waals surface area contributed by atoms with Crippen LogP contribution in [-0.4, -0.2) is 37.9 Å². The Bertz CT molecular complexity index is 833. The Morgan fingerprint density at radius 3 is 2.82 bits per heavy atom. The van der Waals surface area contributed by atoms with Gasteiger partial charge in [0.05, 0.1) is 47.5 Å². The van der Waals surface area contributed by atoms with Crippen LogP contribution in [0.5, 0.6) is 5.75 Å². The summed E-state index contributed by atoms with van der Waals surface area (Å²) >= 11 is 0. The maximum atomic E-state index is 12.2. The van der Waals surface area contributed by atoms with Gasteiger partial charge >= 0.3 is 5.97 Å². The van der Waals surface area contributed by atoms with E-state index in [0.717, 1.165) is 36.2 Å². The number of hydrogen-bond acceptors (Lipinski definition) is 7. The molecule has 1 fully saturated rings. The molecule has 2 heterocycles. The van der Waals surface area contributed by atoms with E-state index in [2.05, 4.69) is 15.1 Å². The van der Waals surface area contributed by atoms with E-state index in [1.807, 2.05) is 27.8 Å². The molecule has 2 N–H and O–H groups in total. The first-order valence-corrected chi connectivity index (χ1v) is 9.81. The smallest absolute Gasteiger partial charge is 0.309 e. The fourth-order valence-corrected chi connectivity index (χ4v) is 3.57. The van der Waals surface area contributed by atoms with Crippen LogP contribution in [0.2, 0.25) is 0 Å². The summed E-state index contributed by atoms with van der Waals surface area (Å²) < 4.78 is 13.2. The van der Waals surface area contributed by atoms with E-state index in [1.165, 1.54) is 0 Å². The largest absolute Gasteiger partial charge is 0.487 e. The van der Waals surface area contributed by atoms with E-state index in [9.17, 15) is 4.79 Å². The zero-order valence-electron chi connectivity index (χ0n) is 17.0. The van der Waals surface area contributed by atoms with Gasteiger partial charge in [-0.15, -0.1) is 0 Å². The molecule has 2 aromatic rings. The average molecular weight is 387 g/mol. The van der Waals surface area contributed by atoms with Crippen molar-refractivity contribution >= 4 is 5.97 Å². The minimum Gasteiger partial charge on any atom is -0.487 e. The van der Waals surface area contributed by atoms with Crippen LogP contribution in [0.4, 0.5) is 0 Å². The SMILES string of the molecule is Cc1nc(-c2cnn(C)c2CN)ncc1OC1CCC[C@H](C(=O)OC(C)C)C1. The number of nitrogens with zero attached hydrogens (tertiary/aromatic N) is 4. The molecular formula is C20H29N5O3. The molecule has 0 bridgehead atoms.